The van der Waals surface area contributed by atoms with E-state index >= 15 is 0 Å². The summed E-state index contributed by atoms with van der Waals surface area (Å²) in [6.45, 7) is 6.74. The molecule has 0 saturated heterocycles. The third-order valence-corrected chi connectivity index (χ3v) is 16.9. The number of hydrogen-bond donors (Lipinski definition) is 0. The van der Waals surface area contributed by atoms with Gasteiger partial charge in [0.05, 0.1) is 0 Å². The molecule has 0 radical (unpaired) electrons. The zero-order valence-corrected chi connectivity index (χ0v) is 53.5. The van der Waals surface area contributed by atoms with Crippen LogP contribution in [0.3, 0.4) is 0 Å². The van der Waals surface area contributed by atoms with Crippen molar-refractivity contribution in [3.05, 3.63) is 0 Å². The Labute approximate surface area is 488 Å². The molecule has 6 heteroatoms. The molecule has 0 aromatic rings. The molecule has 0 aromatic carbocycles. The largest absolute Gasteiger partial charge is 0.462 e. The van der Waals surface area contributed by atoms with Gasteiger partial charge in [-0.05, 0) is 19.3 Å². The lowest BCUT2D eigenvalue weighted by atomic mass is 10.0. The number of ether oxygens (including phenoxy) is 3. The first-order chi connectivity index (χ1) is 38.5. The van der Waals surface area contributed by atoms with Crippen LogP contribution in [-0.4, -0.2) is 37.2 Å². The molecule has 6 nitrogen and oxygen atoms in total. The van der Waals surface area contributed by atoms with Gasteiger partial charge in [0.1, 0.15) is 13.2 Å². The molecule has 0 bridgehead atoms. The van der Waals surface area contributed by atoms with E-state index in [4.69, 9.17) is 14.2 Å². The van der Waals surface area contributed by atoms with Gasteiger partial charge in [-0.25, -0.2) is 0 Å². The fourth-order valence-corrected chi connectivity index (χ4v) is 11.5. The molecule has 0 amide bonds. The van der Waals surface area contributed by atoms with Gasteiger partial charge in [-0.15, -0.1) is 0 Å². The number of unbranched alkanes of at least 4 members (excludes halogenated alkanes) is 57. The molecular weight excluding hydrogens is 961 g/mol. The summed E-state index contributed by atoms with van der Waals surface area (Å²) in [6.07, 6.45) is 80.0. The van der Waals surface area contributed by atoms with E-state index in [-0.39, 0.29) is 31.1 Å². The number of carbonyl (C=O) groups is 3. The summed E-state index contributed by atoms with van der Waals surface area (Å²) in [4.78, 5) is 38.4. The average Bonchev–Trinajstić information content (AvgIpc) is 3.44. The molecule has 0 aromatic heterocycles. The minimum Gasteiger partial charge on any atom is -0.462 e. The molecular formula is C72H140O6. The highest BCUT2D eigenvalue weighted by Crippen LogP contribution is 2.20. The van der Waals surface area contributed by atoms with Crippen LogP contribution in [0.1, 0.15) is 425 Å². The lowest BCUT2D eigenvalue weighted by Gasteiger charge is -2.18. The van der Waals surface area contributed by atoms with Crippen LogP contribution in [0.15, 0.2) is 0 Å². The smallest absolute Gasteiger partial charge is 0.306 e. The predicted octanol–water partition coefficient (Wildman–Crippen LogP) is 24.6. The molecule has 0 saturated carbocycles. The van der Waals surface area contributed by atoms with Crippen molar-refractivity contribution in [2.24, 2.45) is 0 Å². The molecule has 0 spiro atoms. The van der Waals surface area contributed by atoms with E-state index in [2.05, 4.69) is 20.8 Å². The third-order valence-electron chi connectivity index (χ3n) is 16.9. The number of carbonyl (C=O) groups excluding carboxylic acids is 3. The second kappa shape index (κ2) is 67.9. The Bertz CT molecular complexity index is 1170. The van der Waals surface area contributed by atoms with Crippen LogP contribution in [0.5, 0.6) is 0 Å². The summed E-state index contributed by atoms with van der Waals surface area (Å²) in [5, 5.41) is 0. The normalized spacial score (nSPS) is 11.9. The number of hydrogen-bond acceptors (Lipinski definition) is 6. The monoisotopic (exact) mass is 1100 g/mol. The van der Waals surface area contributed by atoms with Crippen molar-refractivity contribution in [2.75, 3.05) is 13.2 Å². The van der Waals surface area contributed by atoms with Crippen molar-refractivity contribution in [3.63, 3.8) is 0 Å². The van der Waals surface area contributed by atoms with Crippen LogP contribution in [0.25, 0.3) is 0 Å². The minimum absolute atomic E-state index is 0.0601. The van der Waals surface area contributed by atoms with Gasteiger partial charge in [0.2, 0.25) is 0 Å². The molecule has 0 fully saturated rings. The summed E-state index contributed by atoms with van der Waals surface area (Å²) in [5.41, 5.74) is 0. The van der Waals surface area contributed by atoms with Crippen molar-refractivity contribution in [1.82, 2.24) is 0 Å². The maximum Gasteiger partial charge on any atom is 0.306 e. The van der Waals surface area contributed by atoms with Crippen LogP contribution in [0.2, 0.25) is 0 Å². The van der Waals surface area contributed by atoms with Crippen LogP contribution in [0.4, 0.5) is 0 Å². The van der Waals surface area contributed by atoms with Gasteiger partial charge >= 0.3 is 17.9 Å². The molecule has 78 heavy (non-hydrogen) atoms. The van der Waals surface area contributed by atoms with Gasteiger partial charge in [0.25, 0.3) is 0 Å². The fraction of sp³-hybridized carbons (Fsp3) is 0.958. The Hall–Kier alpha value is -1.59. The topological polar surface area (TPSA) is 78.9 Å². The quantitative estimate of drug-likeness (QED) is 0.0343. The maximum absolute atomic E-state index is 12.9. The number of esters is 3. The Morgan fingerprint density at radius 3 is 0.513 bits per heavy atom. The Kier molecular flexibility index (Phi) is 66.5. The Balaban J connectivity index is 4.17. The van der Waals surface area contributed by atoms with E-state index in [1.807, 2.05) is 0 Å². The fourth-order valence-electron chi connectivity index (χ4n) is 11.5. The molecule has 1 unspecified atom stereocenters. The standard InChI is InChI=1S/C72H140O6/c1-4-7-10-13-16-19-22-25-27-29-31-33-34-35-36-37-39-40-42-44-47-50-53-56-59-62-65-71(74)77-68-69(67-76-70(73)64-61-58-55-52-49-46-24-21-18-15-12-9-6-3)78-72(75)66-63-60-57-54-51-48-45-43-41-38-32-30-28-26-23-20-17-14-11-8-5-2/h69H,4-68H2,1-3H3. The first-order valence-corrected chi connectivity index (χ1v) is 36.0. The average molecular weight is 1100 g/mol. The first-order valence-electron chi connectivity index (χ1n) is 36.0. The summed E-state index contributed by atoms with van der Waals surface area (Å²) in [6, 6.07) is 0. The van der Waals surface area contributed by atoms with Gasteiger partial charge in [-0.1, -0.05) is 387 Å². The lowest BCUT2D eigenvalue weighted by molar-refractivity contribution is -0.167. The van der Waals surface area contributed by atoms with E-state index in [0.29, 0.717) is 19.3 Å². The molecule has 0 aliphatic heterocycles. The van der Waals surface area contributed by atoms with Crippen molar-refractivity contribution < 1.29 is 28.6 Å². The molecule has 0 N–H and O–H groups in total. The zero-order valence-electron chi connectivity index (χ0n) is 53.5. The van der Waals surface area contributed by atoms with Gasteiger partial charge < -0.3 is 14.2 Å². The first kappa shape index (κ1) is 76.4. The van der Waals surface area contributed by atoms with Crippen molar-refractivity contribution in [2.45, 2.75) is 431 Å². The van der Waals surface area contributed by atoms with Crippen molar-refractivity contribution in [3.8, 4) is 0 Å². The second-order valence-corrected chi connectivity index (χ2v) is 24.9. The number of rotatable bonds is 68. The molecule has 0 aliphatic carbocycles. The third kappa shape index (κ3) is 65.2. The van der Waals surface area contributed by atoms with E-state index in [1.54, 1.807) is 0 Å². The predicted molar refractivity (Wildman–Crippen MR) is 340 cm³/mol. The molecule has 1 atom stereocenters. The van der Waals surface area contributed by atoms with Gasteiger partial charge in [-0.3, -0.25) is 14.4 Å². The van der Waals surface area contributed by atoms with E-state index in [9.17, 15) is 14.4 Å². The lowest BCUT2D eigenvalue weighted by Crippen LogP contribution is -2.30. The second-order valence-electron chi connectivity index (χ2n) is 24.9. The molecule has 0 aliphatic rings. The highest BCUT2D eigenvalue weighted by atomic mass is 16.6. The summed E-state index contributed by atoms with van der Waals surface area (Å²) in [7, 11) is 0. The summed E-state index contributed by atoms with van der Waals surface area (Å²) in [5.74, 6) is -0.819. The molecule has 464 valence electrons. The Morgan fingerprint density at radius 1 is 0.205 bits per heavy atom. The van der Waals surface area contributed by atoms with Crippen LogP contribution < -0.4 is 0 Å². The SMILES string of the molecule is CCCCCCCCCCCCCCCCCCCCCCCCCCCCC(=O)OCC(COC(=O)CCCCCCCCCCCCCCC)OC(=O)CCCCCCCCCCCCCCCCCCCCCCC. The van der Waals surface area contributed by atoms with Gasteiger partial charge in [0, 0.05) is 19.3 Å². The molecule has 0 rings (SSSR count). The minimum atomic E-state index is -0.763. The Morgan fingerprint density at radius 2 is 0.346 bits per heavy atom. The van der Waals surface area contributed by atoms with Gasteiger partial charge in [-0.2, -0.15) is 0 Å². The van der Waals surface area contributed by atoms with Crippen LogP contribution >= 0.6 is 0 Å². The zero-order chi connectivity index (χ0) is 56.4. The van der Waals surface area contributed by atoms with E-state index < -0.39 is 6.10 Å². The van der Waals surface area contributed by atoms with Crippen LogP contribution in [0, 0.1) is 0 Å². The molecule has 0 heterocycles. The van der Waals surface area contributed by atoms with E-state index in [0.717, 1.165) is 57.8 Å². The van der Waals surface area contributed by atoms with Crippen molar-refractivity contribution >= 4 is 17.9 Å². The van der Waals surface area contributed by atoms with Crippen LogP contribution in [-0.2, 0) is 28.6 Å². The highest BCUT2D eigenvalue weighted by Gasteiger charge is 2.20. The van der Waals surface area contributed by atoms with E-state index in [1.165, 1.54) is 327 Å². The van der Waals surface area contributed by atoms with Crippen molar-refractivity contribution in [1.29, 1.82) is 0 Å². The highest BCUT2D eigenvalue weighted by molar-refractivity contribution is 5.71. The summed E-state index contributed by atoms with van der Waals surface area (Å²) < 4.78 is 17.0. The van der Waals surface area contributed by atoms with Gasteiger partial charge in [0.15, 0.2) is 6.10 Å². The summed E-state index contributed by atoms with van der Waals surface area (Å²) >= 11 is 0. The maximum atomic E-state index is 12.9.